The van der Waals surface area contributed by atoms with Crippen LogP contribution in [0.25, 0.3) is 0 Å². The van der Waals surface area contributed by atoms with Gasteiger partial charge < -0.3 is 9.64 Å². The summed E-state index contributed by atoms with van der Waals surface area (Å²) in [4.78, 5) is 4.99. The van der Waals surface area contributed by atoms with Crippen LogP contribution in [0.3, 0.4) is 0 Å². The Morgan fingerprint density at radius 2 is 1.79 bits per heavy atom. The Morgan fingerprint density at radius 1 is 1.14 bits per heavy atom. The molecule has 0 spiro atoms. The van der Waals surface area contributed by atoms with E-state index in [0.717, 1.165) is 19.3 Å². The third-order valence-corrected chi connectivity index (χ3v) is 3.13. The second kappa shape index (κ2) is 5.69. The van der Waals surface area contributed by atoms with Gasteiger partial charge in [0.2, 0.25) is 0 Å². The molecular weight excluding hydrogens is 176 g/mol. The predicted molar refractivity (Wildman–Crippen MR) is 59.6 cm³/mol. The lowest BCUT2D eigenvalue weighted by Crippen LogP contribution is -2.58. The Labute approximate surface area is 88.0 Å². The normalized spacial score (nSPS) is 30.4. The lowest BCUT2D eigenvalue weighted by molar-refractivity contribution is -0.0822. The molecule has 0 aromatic carbocycles. The Morgan fingerprint density at radius 3 is 2.21 bits per heavy atom. The number of piperazine rings is 1. The fourth-order valence-corrected chi connectivity index (χ4v) is 1.84. The zero-order valence-electron chi connectivity index (χ0n) is 9.99. The van der Waals surface area contributed by atoms with Gasteiger partial charge in [-0.3, -0.25) is 4.90 Å². The number of nitrogens with zero attached hydrogens (tertiary/aromatic N) is 2. The molecule has 84 valence electrons. The molecule has 0 aliphatic carbocycles. The van der Waals surface area contributed by atoms with E-state index in [1.807, 2.05) is 13.8 Å². The van der Waals surface area contributed by atoms with Gasteiger partial charge in [-0.2, -0.15) is 0 Å². The maximum atomic E-state index is 5.19. The van der Waals surface area contributed by atoms with Crippen LogP contribution < -0.4 is 0 Å². The summed E-state index contributed by atoms with van der Waals surface area (Å²) in [7, 11) is 2.21. The summed E-state index contributed by atoms with van der Waals surface area (Å²) >= 11 is 0. The highest BCUT2D eigenvalue weighted by molar-refractivity contribution is 4.84. The van der Waals surface area contributed by atoms with Crippen LogP contribution in [0.1, 0.15) is 20.8 Å². The van der Waals surface area contributed by atoms with Crippen molar-refractivity contribution in [2.45, 2.75) is 32.9 Å². The number of ether oxygens (including phenoxy) is 1. The largest absolute Gasteiger partial charge is 0.378 e. The minimum atomic E-state index is 0.708. The fraction of sp³-hybridized carbons (Fsp3) is 1.00. The summed E-state index contributed by atoms with van der Waals surface area (Å²) in [6.07, 6.45) is 0. The molecule has 0 bridgehead atoms. The van der Waals surface area contributed by atoms with Gasteiger partial charge in [0.05, 0.1) is 19.3 Å². The summed E-state index contributed by atoms with van der Waals surface area (Å²) in [6, 6.07) is 1.43. The Balaban J connectivity index is 0.000000461. The van der Waals surface area contributed by atoms with Crippen LogP contribution in [0.15, 0.2) is 0 Å². The van der Waals surface area contributed by atoms with Crippen LogP contribution >= 0.6 is 0 Å². The van der Waals surface area contributed by atoms with Crippen molar-refractivity contribution in [2.75, 3.05) is 39.9 Å². The van der Waals surface area contributed by atoms with E-state index >= 15 is 0 Å². The van der Waals surface area contributed by atoms with E-state index in [-0.39, 0.29) is 0 Å². The number of hydrogen-bond donors (Lipinski definition) is 0. The van der Waals surface area contributed by atoms with Crippen LogP contribution in [0.4, 0.5) is 0 Å². The molecule has 2 saturated heterocycles. The molecule has 0 aromatic heterocycles. The van der Waals surface area contributed by atoms with Crippen molar-refractivity contribution in [1.29, 1.82) is 0 Å². The quantitative estimate of drug-likeness (QED) is 0.629. The molecule has 2 aliphatic rings. The highest BCUT2D eigenvalue weighted by atomic mass is 16.5. The zero-order valence-corrected chi connectivity index (χ0v) is 9.99. The van der Waals surface area contributed by atoms with Crippen molar-refractivity contribution in [3.63, 3.8) is 0 Å². The Kier molecular flexibility index (Phi) is 4.85. The first kappa shape index (κ1) is 12.0. The molecule has 2 heterocycles. The first-order chi connectivity index (χ1) is 6.77. The summed E-state index contributed by atoms with van der Waals surface area (Å²) in [5, 5.41) is 0. The molecule has 1 unspecified atom stereocenters. The van der Waals surface area contributed by atoms with Crippen LogP contribution in [-0.2, 0) is 4.74 Å². The van der Waals surface area contributed by atoms with E-state index in [1.165, 1.54) is 19.6 Å². The minimum Gasteiger partial charge on any atom is -0.378 e. The van der Waals surface area contributed by atoms with E-state index in [0.29, 0.717) is 6.04 Å². The van der Waals surface area contributed by atoms with Gasteiger partial charge in [0.15, 0.2) is 0 Å². The molecule has 14 heavy (non-hydrogen) atoms. The fourth-order valence-electron chi connectivity index (χ4n) is 1.84. The SMILES string of the molecule is CC.CC1CN(C2COC2)CCN1C. The van der Waals surface area contributed by atoms with Gasteiger partial charge in [-0.1, -0.05) is 13.8 Å². The van der Waals surface area contributed by atoms with Crippen LogP contribution in [-0.4, -0.2) is 61.8 Å². The summed E-state index contributed by atoms with van der Waals surface area (Å²) in [5.41, 5.74) is 0. The van der Waals surface area contributed by atoms with Gasteiger partial charge in [0.1, 0.15) is 0 Å². The maximum Gasteiger partial charge on any atom is 0.0645 e. The van der Waals surface area contributed by atoms with E-state index < -0.39 is 0 Å². The number of likely N-dealkylation sites (N-methyl/N-ethyl adjacent to an activating group) is 1. The van der Waals surface area contributed by atoms with Crippen molar-refractivity contribution in [3.8, 4) is 0 Å². The van der Waals surface area contributed by atoms with Gasteiger partial charge in [0.25, 0.3) is 0 Å². The van der Waals surface area contributed by atoms with Crippen LogP contribution in [0.2, 0.25) is 0 Å². The predicted octanol–water partition coefficient (Wildman–Crippen LogP) is 1.05. The molecule has 2 rings (SSSR count). The molecule has 0 N–H and O–H groups in total. The van der Waals surface area contributed by atoms with Crippen molar-refractivity contribution in [1.82, 2.24) is 9.80 Å². The molecule has 0 amide bonds. The molecule has 1 atom stereocenters. The molecular formula is C11H24N2O. The summed E-state index contributed by atoms with van der Waals surface area (Å²) in [5.74, 6) is 0. The standard InChI is InChI=1S/C9H18N2O.C2H6/c1-8-5-11(4-3-10(8)2)9-6-12-7-9;1-2/h8-9H,3-7H2,1-2H3;1-2H3. The molecule has 0 saturated carbocycles. The average Bonchev–Trinajstić information content (AvgIpc) is 2.12. The van der Waals surface area contributed by atoms with Crippen molar-refractivity contribution < 1.29 is 4.74 Å². The molecule has 3 heteroatoms. The highest BCUT2D eigenvalue weighted by Gasteiger charge is 2.30. The Bertz CT molecular complexity index is 159. The van der Waals surface area contributed by atoms with Crippen molar-refractivity contribution in [3.05, 3.63) is 0 Å². The second-order valence-electron chi connectivity index (χ2n) is 4.02. The lowest BCUT2D eigenvalue weighted by Gasteiger charge is -2.44. The summed E-state index contributed by atoms with van der Waals surface area (Å²) in [6.45, 7) is 11.8. The van der Waals surface area contributed by atoms with Gasteiger partial charge in [-0.25, -0.2) is 0 Å². The summed E-state index contributed by atoms with van der Waals surface area (Å²) < 4.78 is 5.19. The molecule has 2 fully saturated rings. The van der Waals surface area contributed by atoms with Gasteiger partial charge in [-0.15, -0.1) is 0 Å². The van der Waals surface area contributed by atoms with Crippen LogP contribution in [0.5, 0.6) is 0 Å². The van der Waals surface area contributed by atoms with E-state index in [1.54, 1.807) is 0 Å². The van der Waals surface area contributed by atoms with Gasteiger partial charge >= 0.3 is 0 Å². The topological polar surface area (TPSA) is 15.7 Å². The van der Waals surface area contributed by atoms with E-state index in [4.69, 9.17) is 4.74 Å². The Hall–Kier alpha value is -0.120. The molecule has 0 aromatic rings. The van der Waals surface area contributed by atoms with E-state index in [2.05, 4.69) is 23.8 Å². The third kappa shape index (κ3) is 2.69. The minimum absolute atomic E-state index is 0.708. The molecule has 2 aliphatic heterocycles. The third-order valence-electron chi connectivity index (χ3n) is 3.13. The monoisotopic (exact) mass is 200 g/mol. The van der Waals surface area contributed by atoms with E-state index in [9.17, 15) is 0 Å². The maximum absolute atomic E-state index is 5.19. The molecule has 3 nitrogen and oxygen atoms in total. The average molecular weight is 200 g/mol. The van der Waals surface area contributed by atoms with Crippen LogP contribution in [0, 0.1) is 0 Å². The lowest BCUT2D eigenvalue weighted by atomic mass is 10.1. The second-order valence-corrected chi connectivity index (χ2v) is 4.02. The number of rotatable bonds is 1. The smallest absolute Gasteiger partial charge is 0.0645 e. The first-order valence-electron chi connectivity index (χ1n) is 5.79. The highest BCUT2D eigenvalue weighted by Crippen LogP contribution is 2.15. The molecule has 0 radical (unpaired) electrons. The van der Waals surface area contributed by atoms with Crippen molar-refractivity contribution >= 4 is 0 Å². The first-order valence-corrected chi connectivity index (χ1v) is 5.79. The zero-order chi connectivity index (χ0) is 10.6. The van der Waals surface area contributed by atoms with Gasteiger partial charge in [0, 0.05) is 25.7 Å². The van der Waals surface area contributed by atoms with Crippen molar-refractivity contribution in [2.24, 2.45) is 0 Å². The van der Waals surface area contributed by atoms with Gasteiger partial charge in [-0.05, 0) is 14.0 Å². The number of hydrogen-bond acceptors (Lipinski definition) is 3.